The van der Waals surface area contributed by atoms with E-state index in [2.05, 4.69) is 17.3 Å². The molecule has 0 radical (unpaired) electrons. The van der Waals surface area contributed by atoms with E-state index in [-0.39, 0.29) is 0 Å². The van der Waals surface area contributed by atoms with Crippen LogP contribution in [0.1, 0.15) is 30.5 Å². The molecule has 0 saturated heterocycles. The summed E-state index contributed by atoms with van der Waals surface area (Å²) < 4.78 is 5.02. The fraction of sp³-hybridized carbons (Fsp3) is 0.667. The zero-order valence-electron chi connectivity index (χ0n) is 7.46. The Balaban J connectivity index is 2.13. The van der Waals surface area contributed by atoms with Gasteiger partial charge in [0.15, 0.2) is 0 Å². The fourth-order valence-corrected chi connectivity index (χ4v) is 2.23. The quantitative estimate of drug-likeness (QED) is 0.717. The molecule has 0 aliphatic heterocycles. The van der Waals surface area contributed by atoms with Crippen molar-refractivity contribution in [3.8, 4) is 0 Å². The number of ether oxygens (including phenoxy) is 1. The van der Waals surface area contributed by atoms with Gasteiger partial charge in [0.1, 0.15) is 0 Å². The van der Waals surface area contributed by atoms with Crippen LogP contribution in [0.2, 0.25) is 0 Å². The van der Waals surface area contributed by atoms with Gasteiger partial charge >= 0.3 is 0 Å². The number of hydrogen-bond donors (Lipinski definition) is 0. The third-order valence-corrected chi connectivity index (χ3v) is 3.56. The van der Waals surface area contributed by atoms with Crippen molar-refractivity contribution >= 4 is 11.3 Å². The molecule has 0 atom stereocenters. The Morgan fingerprint density at radius 1 is 1.67 bits per heavy atom. The van der Waals surface area contributed by atoms with Crippen molar-refractivity contribution in [1.29, 1.82) is 0 Å². The Bertz CT molecular complexity index is 278. The molecule has 1 saturated carbocycles. The molecule has 0 bridgehead atoms. The Hall–Kier alpha value is -0.410. The van der Waals surface area contributed by atoms with Gasteiger partial charge in [0, 0.05) is 17.9 Å². The Morgan fingerprint density at radius 2 is 2.42 bits per heavy atom. The van der Waals surface area contributed by atoms with Gasteiger partial charge in [0.05, 0.1) is 17.3 Å². The molecular formula is C9H13NOS. The van der Waals surface area contributed by atoms with Gasteiger partial charge in [-0.3, -0.25) is 0 Å². The maximum Gasteiger partial charge on any atom is 0.0988 e. The fourth-order valence-electron chi connectivity index (χ4n) is 1.20. The normalized spacial score (nSPS) is 19.5. The molecule has 1 fully saturated rings. The molecule has 12 heavy (non-hydrogen) atoms. The zero-order valence-corrected chi connectivity index (χ0v) is 8.28. The van der Waals surface area contributed by atoms with E-state index in [9.17, 15) is 0 Å². The molecule has 0 spiro atoms. The summed E-state index contributed by atoms with van der Waals surface area (Å²) >= 11 is 1.77. The molecule has 1 aliphatic rings. The molecule has 1 heterocycles. The van der Waals surface area contributed by atoms with Gasteiger partial charge in [-0.1, -0.05) is 6.92 Å². The second-order valence-corrected chi connectivity index (χ2v) is 4.50. The second kappa shape index (κ2) is 2.82. The van der Waals surface area contributed by atoms with Crippen molar-refractivity contribution < 1.29 is 4.74 Å². The topological polar surface area (TPSA) is 22.1 Å². The predicted molar refractivity (Wildman–Crippen MR) is 49.4 cm³/mol. The molecule has 3 heteroatoms. The Kier molecular flexibility index (Phi) is 1.93. The third-order valence-electron chi connectivity index (χ3n) is 2.36. The van der Waals surface area contributed by atoms with Gasteiger partial charge < -0.3 is 4.74 Å². The van der Waals surface area contributed by atoms with Crippen molar-refractivity contribution in [2.45, 2.75) is 31.8 Å². The predicted octanol–water partition coefficient (Wildman–Crippen LogP) is 2.34. The van der Waals surface area contributed by atoms with Crippen LogP contribution in [0.25, 0.3) is 0 Å². The van der Waals surface area contributed by atoms with Gasteiger partial charge in [0.2, 0.25) is 0 Å². The van der Waals surface area contributed by atoms with Crippen LogP contribution in [0.3, 0.4) is 0 Å². The average molecular weight is 183 g/mol. The lowest BCUT2D eigenvalue weighted by Crippen LogP contribution is -1.99. The lowest BCUT2D eigenvalue weighted by atomic mass is 10.2. The summed E-state index contributed by atoms with van der Waals surface area (Å²) in [5.41, 5.74) is 1.49. The van der Waals surface area contributed by atoms with Crippen LogP contribution in [0.15, 0.2) is 5.38 Å². The molecular weight excluding hydrogens is 170 g/mol. The van der Waals surface area contributed by atoms with E-state index in [1.165, 1.54) is 17.8 Å². The van der Waals surface area contributed by atoms with Crippen LogP contribution in [0, 0.1) is 0 Å². The van der Waals surface area contributed by atoms with E-state index in [4.69, 9.17) is 4.74 Å². The highest BCUT2D eigenvalue weighted by Crippen LogP contribution is 2.48. The maximum absolute atomic E-state index is 5.02. The summed E-state index contributed by atoms with van der Waals surface area (Å²) in [6.07, 6.45) is 2.60. The Labute approximate surface area is 76.6 Å². The van der Waals surface area contributed by atoms with E-state index in [1.54, 1.807) is 18.4 Å². The third kappa shape index (κ3) is 1.39. The molecule has 0 aromatic carbocycles. The summed E-state index contributed by atoms with van der Waals surface area (Å²) in [5, 5.41) is 3.39. The molecule has 1 aromatic heterocycles. The highest BCUT2D eigenvalue weighted by Gasteiger charge is 2.41. The van der Waals surface area contributed by atoms with Crippen molar-refractivity contribution in [2.75, 3.05) is 7.11 Å². The first-order valence-electron chi connectivity index (χ1n) is 4.18. The van der Waals surface area contributed by atoms with E-state index >= 15 is 0 Å². The minimum atomic E-state index is 0.413. The SMILES string of the molecule is COCc1csc(C2(C)CC2)n1. The van der Waals surface area contributed by atoms with Crippen molar-refractivity contribution in [3.05, 3.63) is 16.1 Å². The highest BCUT2D eigenvalue weighted by atomic mass is 32.1. The number of hydrogen-bond acceptors (Lipinski definition) is 3. The molecule has 66 valence electrons. The van der Waals surface area contributed by atoms with Crippen LogP contribution in [0.5, 0.6) is 0 Å². The second-order valence-electron chi connectivity index (χ2n) is 3.64. The molecule has 0 unspecified atom stereocenters. The molecule has 2 nitrogen and oxygen atoms in total. The van der Waals surface area contributed by atoms with Crippen LogP contribution < -0.4 is 0 Å². The largest absolute Gasteiger partial charge is 0.378 e. The molecule has 0 N–H and O–H groups in total. The average Bonchev–Trinajstić information content (AvgIpc) is 2.64. The van der Waals surface area contributed by atoms with Crippen molar-refractivity contribution in [3.63, 3.8) is 0 Å². The first kappa shape index (κ1) is 8.20. The monoisotopic (exact) mass is 183 g/mol. The minimum Gasteiger partial charge on any atom is -0.378 e. The maximum atomic E-state index is 5.02. The van der Waals surface area contributed by atoms with E-state index < -0.39 is 0 Å². The van der Waals surface area contributed by atoms with Crippen LogP contribution in [-0.4, -0.2) is 12.1 Å². The summed E-state index contributed by atoms with van der Waals surface area (Å²) in [4.78, 5) is 4.53. The summed E-state index contributed by atoms with van der Waals surface area (Å²) in [5.74, 6) is 0. The van der Waals surface area contributed by atoms with Gasteiger partial charge in [-0.05, 0) is 12.8 Å². The lowest BCUT2D eigenvalue weighted by Gasteiger charge is -2.00. The highest BCUT2D eigenvalue weighted by molar-refractivity contribution is 7.09. The molecule has 2 rings (SSSR count). The molecule has 1 aromatic rings. The van der Waals surface area contributed by atoms with E-state index in [0.717, 1.165) is 5.69 Å². The smallest absolute Gasteiger partial charge is 0.0988 e. The number of nitrogens with zero attached hydrogens (tertiary/aromatic N) is 1. The Morgan fingerprint density at radius 3 is 3.00 bits per heavy atom. The van der Waals surface area contributed by atoms with Crippen LogP contribution in [-0.2, 0) is 16.8 Å². The first-order valence-corrected chi connectivity index (χ1v) is 5.06. The van der Waals surface area contributed by atoms with Gasteiger partial charge in [-0.15, -0.1) is 11.3 Å². The first-order chi connectivity index (χ1) is 5.74. The summed E-state index contributed by atoms with van der Waals surface area (Å²) in [6.45, 7) is 2.93. The number of aromatic nitrogens is 1. The minimum absolute atomic E-state index is 0.413. The number of thiazole rings is 1. The number of methoxy groups -OCH3 is 1. The van der Waals surface area contributed by atoms with Crippen LogP contribution in [0.4, 0.5) is 0 Å². The van der Waals surface area contributed by atoms with Crippen LogP contribution >= 0.6 is 11.3 Å². The van der Waals surface area contributed by atoms with Gasteiger partial charge in [-0.25, -0.2) is 4.98 Å². The number of rotatable bonds is 3. The zero-order chi connectivity index (χ0) is 8.60. The van der Waals surface area contributed by atoms with Crippen molar-refractivity contribution in [1.82, 2.24) is 4.98 Å². The van der Waals surface area contributed by atoms with E-state index in [1.807, 2.05) is 0 Å². The molecule has 1 aliphatic carbocycles. The van der Waals surface area contributed by atoms with Gasteiger partial charge in [0.25, 0.3) is 0 Å². The summed E-state index contributed by atoms with van der Waals surface area (Å²) in [6, 6.07) is 0. The lowest BCUT2D eigenvalue weighted by molar-refractivity contribution is 0.182. The van der Waals surface area contributed by atoms with E-state index in [0.29, 0.717) is 12.0 Å². The van der Waals surface area contributed by atoms with Crippen molar-refractivity contribution in [2.24, 2.45) is 0 Å². The molecule has 0 amide bonds. The summed E-state index contributed by atoms with van der Waals surface area (Å²) in [7, 11) is 1.71. The standard InChI is InChI=1S/C9H13NOS/c1-9(3-4-9)8-10-7(5-11-2)6-12-8/h6H,3-5H2,1-2H3. The van der Waals surface area contributed by atoms with Gasteiger partial charge in [-0.2, -0.15) is 0 Å².